The Kier molecular flexibility index (Phi) is 8.34. The Morgan fingerprint density at radius 1 is 0.364 bits per heavy atom. The first-order chi connectivity index (χ1) is 21.6. The monoisotopic (exact) mass is 582 g/mol. The van der Waals surface area contributed by atoms with Crippen LogP contribution in [0.3, 0.4) is 0 Å². The molecule has 6 heteroatoms. The van der Waals surface area contributed by atoms with Gasteiger partial charge in [0.25, 0.3) is 0 Å². The van der Waals surface area contributed by atoms with E-state index in [1.54, 1.807) is 28.4 Å². The van der Waals surface area contributed by atoms with Crippen LogP contribution in [-0.4, -0.2) is 28.4 Å². The van der Waals surface area contributed by atoms with E-state index in [2.05, 4.69) is 94.7 Å². The molecule has 0 aliphatic carbocycles. The molecule has 0 fully saturated rings. The summed E-state index contributed by atoms with van der Waals surface area (Å²) in [6.45, 7) is 0. The van der Waals surface area contributed by atoms with Crippen molar-refractivity contribution in [2.75, 3.05) is 33.3 Å². The van der Waals surface area contributed by atoms with Crippen LogP contribution < -0.4 is 28.7 Å². The van der Waals surface area contributed by atoms with Crippen LogP contribution in [0, 0.1) is 0 Å². The van der Waals surface area contributed by atoms with Crippen molar-refractivity contribution in [2.24, 2.45) is 0 Å². The van der Waals surface area contributed by atoms with Gasteiger partial charge in [0.15, 0.2) is 17.1 Å². The van der Waals surface area contributed by atoms with Crippen LogP contribution in [0.15, 0.2) is 133 Å². The van der Waals surface area contributed by atoms with Gasteiger partial charge in [-0.3, -0.25) is 0 Å². The topological polar surface area (TPSA) is 46.1 Å². The highest BCUT2D eigenvalue weighted by atomic mass is 16.5. The van der Waals surface area contributed by atoms with Crippen molar-refractivity contribution in [2.45, 2.75) is 0 Å². The third-order valence-electron chi connectivity index (χ3n) is 7.65. The molecule has 0 unspecified atom stereocenters. The molecule has 0 bridgehead atoms. The van der Waals surface area contributed by atoms with Gasteiger partial charge in [-0.05, 0) is 102 Å². The van der Waals surface area contributed by atoms with Gasteiger partial charge in [0, 0.05) is 53.5 Å². The van der Waals surface area contributed by atoms with Gasteiger partial charge in [-0.15, -0.1) is 0 Å². The zero-order valence-corrected chi connectivity index (χ0v) is 25.2. The minimum Gasteiger partial charge on any atom is -0.497 e. The van der Waals surface area contributed by atoms with Crippen molar-refractivity contribution in [1.29, 1.82) is 0 Å². The molecular formula is C38H34N2O4+. The number of anilines is 6. The lowest BCUT2D eigenvalue weighted by Crippen LogP contribution is -2.11. The second kappa shape index (κ2) is 12.8. The molecule has 6 nitrogen and oxygen atoms in total. The summed E-state index contributed by atoms with van der Waals surface area (Å²) in [6, 6.07) is 45.5. The lowest BCUT2D eigenvalue weighted by molar-refractivity contribution is 0.414. The molecule has 0 spiro atoms. The molecule has 1 radical (unpaired) electrons. The summed E-state index contributed by atoms with van der Waals surface area (Å²) in [6.07, 6.45) is 0. The number of benzene rings is 6. The van der Waals surface area contributed by atoms with E-state index in [1.807, 2.05) is 48.5 Å². The molecule has 219 valence electrons. The maximum Gasteiger partial charge on any atom is 0.193 e. The normalized spacial score (nSPS) is 10.9. The minimum atomic E-state index is 0.813. The molecular weight excluding hydrogens is 548 g/mol. The van der Waals surface area contributed by atoms with E-state index in [0.717, 1.165) is 67.9 Å². The quantitative estimate of drug-likeness (QED) is 0.151. The van der Waals surface area contributed by atoms with Gasteiger partial charge in [-0.1, -0.05) is 11.0 Å². The van der Waals surface area contributed by atoms with Crippen LogP contribution in [-0.2, 0) is 0 Å². The van der Waals surface area contributed by atoms with Crippen molar-refractivity contribution in [3.05, 3.63) is 133 Å². The van der Waals surface area contributed by atoms with Gasteiger partial charge in [0.2, 0.25) is 0 Å². The SMILES string of the molecule is COc1ccc(N(c2ccc(OC)cc2)c2ccc3cc([N+](c4ccc(OC)cc4)c4ccc(OC)cc4)ccc3c2)cc1. The fraction of sp³-hybridized carbons (Fsp3) is 0.105. The molecule has 44 heavy (non-hydrogen) atoms. The predicted octanol–water partition coefficient (Wildman–Crippen LogP) is 9.78. The summed E-state index contributed by atoms with van der Waals surface area (Å²) in [5.74, 6) is 3.25. The van der Waals surface area contributed by atoms with Gasteiger partial charge in [-0.25, -0.2) is 0 Å². The maximum absolute atomic E-state index is 5.41. The van der Waals surface area contributed by atoms with E-state index in [1.165, 1.54) is 0 Å². The fourth-order valence-corrected chi connectivity index (χ4v) is 5.32. The predicted molar refractivity (Wildman–Crippen MR) is 179 cm³/mol. The van der Waals surface area contributed by atoms with E-state index >= 15 is 0 Å². The zero-order chi connectivity index (χ0) is 30.5. The van der Waals surface area contributed by atoms with Gasteiger partial charge in [-0.2, -0.15) is 0 Å². The largest absolute Gasteiger partial charge is 0.497 e. The zero-order valence-electron chi connectivity index (χ0n) is 25.2. The molecule has 6 aromatic rings. The van der Waals surface area contributed by atoms with Crippen molar-refractivity contribution < 1.29 is 18.9 Å². The number of nitrogens with zero attached hydrogens (tertiary/aromatic N) is 2. The average Bonchev–Trinajstić information content (AvgIpc) is 3.09. The lowest BCUT2D eigenvalue weighted by Gasteiger charge is -2.26. The van der Waals surface area contributed by atoms with Gasteiger partial charge in [0.1, 0.15) is 23.0 Å². The van der Waals surface area contributed by atoms with Crippen molar-refractivity contribution in [1.82, 2.24) is 4.90 Å². The molecule has 6 rings (SSSR count). The van der Waals surface area contributed by atoms with Crippen molar-refractivity contribution >= 4 is 44.9 Å². The van der Waals surface area contributed by atoms with Crippen LogP contribution >= 0.6 is 0 Å². The second-order valence-electron chi connectivity index (χ2n) is 10.2. The smallest absolute Gasteiger partial charge is 0.193 e. The van der Waals surface area contributed by atoms with E-state index in [9.17, 15) is 0 Å². The lowest BCUT2D eigenvalue weighted by atomic mass is 10.1. The molecule has 0 aliphatic heterocycles. The third kappa shape index (κ3) is 5.89. The maximum atomic E-state index is 5.41. The Hall–Kier alpha value is -5.46. The number of methoxy groups -OCH3 is 4. The highest BCUT2D eigenvalue weighted by Crippen LogP contribution is 2.40. The van der Waals surface area contributed by atoms with E-state index in [-0.39, 0.29) is 0 Å². The number of rotatable bonds is 10. The Morgan fingerprint density at radius 3 is 1.14 bits per heavy atom. The van der Waals surface area contributed by atoms with Crippen LogP contribution in [0.1, 0.15) is 0 Å². The molecule has 6 aromatic carbocycles. The first-order valence-electron chi connectivity index (χ1n) is 14.3. The molecule has 0 heterocycles. The van der Waals surface area contributed by atoms with Crippen LogP contribution in [0.4, 0.5) is 34.1 Å². The highest BCUT2D eigenvalue weighted by molar-refractivity contribution is 5.91. The Morgan fingerprint density at radius 2 is 0.705 bits per heavy atom. The standard InChI is InChI=1S/C38H34N2O4/c1-41-35-17-9-29(10-18-35)39(30-11-19-36(42-2)20-12-30)33-7-5-28-26-34(8-6-27(28)25-33)40(31-13-21-37(43-3)22-14-31)32-15-23-38(44-4)24-16-32/h5-26H,1-4H3/q+1. The Bertz CT molecular complexity index is 1600. The second-order valence-corrected chi connectivity index (χ2v) is 10.2. The summed E-state index contributed by atoms with van der Waals surface area (Å²) in [5.41, 5.74) is 6.19. The first-order valence-corrected chi connectivity index (χ1v) is 14.3. The molecule has 0 aromatic heterocycles. The fourth-order valence-electron chi connectivity index (χ4n) is 5.32. The first kappa shape index (κ1) is 28.6. The van der Waals surface area contributed by atoms with Crippen LogP contribution in [0.5, 0.6) is 23.0 Å². The molecule has 0 atom stereocenters. The number of hydrogen-bond donors (Lipinski definition) is 0. The van der Waals surface area contributed by atoms with Gasteiger partial charge in [0.05, 0.1) is 28.4 Å². The van der Waals surface area contributed by atoms with Gasteiger partial charge < -0.3 is 23.8 Å². The van der Waals surface area contributed by atoms with E-state index in [0.29, 0.717) is 0 Å². The summed E-state index contributed by atoms with van der Waals surface area (Å²) in [4.78, 5) is 4.46. The molecule has 0 saturated carbocycles. The summed E-state index contributed by atoms with van der Waals surface area (Å²) in [7, 11) is 6.72. The highest BCUT2D eigenvalue weighted by Gasteiger charge is 2.26. The van der Waals surface area contributed by atoms with E-state index < -0.39 is 0 Å². The summed E-state index contributed by atoms with van der Waals surface area (Å²) in [5, 5.41) is 2.25. The Balaban J connectivity index is 1.42. The molecule has 0 saturated heterocycles. The van der Waals surface area contributed by atoms with Crippen LogP contribution in [0.25, 0.3) is 10.8 Å². The average molecular weight is 583 g/mol. The van der Waals surface area contributed by atoms with Gasteiger partial charge >= 0.3 is 0 Å². The molecule has 0 amide bonds. The van der Waals surface area contributed by atoms with E-state index in [4.69, 9.17) is 18.9 Å². The molecule has 0 aliphatic rings. The number of ether oxygens (including phenoxy) is 4. The van der Waals surface area contributed by atoms with Crippen molar-refractivity contribution in [3.8, 4) is 23.0 Å². The Labute approximate surface area is 258 Å². The number of fused-ring (bicyclic) bond motifs is 1. The molecule has 0 N–H and O–H groups in total. The number of hydrogen-bond acceptors (Lipinski definition) is 6. The van der Waals surface area contributed by atoms with Crippen LogP contribution in [0.2, 0.25) is 0 Å². The van der Waals surface area contributed by atoms with Crippen molar-refractivity contribution in [3.63, 3.8) is 0 Å². The third-order valence-corrected chi connectivity index (χ3v) is 7.65. The summed E-state index contributed by atoms with van der Waals surface area (Å²) >= 11 is 0. The minimum absolute atomic E-state index is 0.813. The summed E-state index contributed by atoms with van der Waals surface area (Å²) < 4.78 is 21.7.